The molecule has 0 spiro atoms. The van der Waals surface area contributed by atoms with Crippen molar-refractivity contribution in [3.05, 3.63) is 47.4 Å². The number of fused-ring (bicyclic) bond motifs is 1. The Hall–Kier alpha value is -2.45. The fourth-order valence-corrected chi connectivity index (χ4v) is 4.28. The molecule has 1 aliphatic heterocycles. The van der Waals surface area contributed by atoms with Gasteiger partial charge < -0.3 is 10.2 Å². The molecule has 2 amide bonds. The number of hydrogen-bond donors (Lipinski definition) is 1. The molecule has 3 aromatic rings. The van der Waals surface area contributed by atoms with Crippen molar-refractivity contribution in [2.24, 2.45) is 0 Å². The van der Waals surface area contributed by atoms with Crippen LogP contribution < -0.4 is 5.32 Å². The molecule has 4 rings (SSSR count). The second-order valence-corrected chi connectivity index (χ2v) is 9.29. The average Bonchev–Trinajstić information content (AvgIpc) is 3.24. The number of halogens is 1. The number of thiazole rings is 1. The highest BCUT2D eigenvalue weighted by Gasteiger charge is 2.25. The van der Waals surface area contributed by atoms with E-state index in [-0.39, 0.29) is 17.4 Å². The van der Waals surface area contributed by atoms with Gasteiger partial charge in [-0.15, -0.1) is 11.3 Å². The van der Waals surface area contributed by atoms with Gasteiger partial charge in [0.2, 0.25) is 0 Å². The summed E-state index contributed by atoms with van der Waals surface area (Å²) in [4.78, 5) is 22.3. The van der Waals surface area contributed by atoms with E-state index >= 15 is 0 Å². The maximum atomic E-state index is 13.4. The fourth-order valence-electron chi connectivity index (χ4n) is 3.54. The molecule has 0 bridgehead atoms. The summed E-state index contributed by atoms with van der Waals surface area (Å²) < 4.78 is 15.5. The number of imidazole rings is 1. The first-order valence-corrected chi connectivity index (χ1v) is 10.7. The van der Waals surface area contributed by atoms with Gasteiger partial charge in [0, 0.05) is 55.4 Å². The largest absolute Gasteiger partial charge is 0.333 e. The summed E-state index contributed by atoms with van der Waals surface area (Å²) in [7, 11) is 0. The SMILES string of the molecule is CC(C)(C)NC(=O)N1CCN(Cc2c(-c3ccc(F)cc3)nc3sccn23)CC1. The standard InChI is InChI=1S/C21H26FN5OS/c1-21(2,3)24-19(28)26-10-8-25(9-11-26)14-17-18(15-4-6-16(22)7-5-15)23-20-27(17)12-13-29-20/h4-7,12-13H,8-11,14H2,1-3H3,(H,24,28). The molecule has 0 atom stereocenters. The molecule has 0 saturated carbocycles. The van der Waals surface area contributed by atoms with Gasteiger partial charge >= 0.3 is 6.03 Å². The van der Waals surface area contributed by atoms with Crippen LogP contribution in [0.15, 0.2) is 35.8 Å². The number of hydrogen-bond acceptors (Lipinski definition) is 4. The Morgan fingerprint density at radius 1 is 1.17 bits per heavy atom. The summed E-state index contributed by atoms with van der Waals surface area (Å²) >= 11 is 1.59. The minimum Gasteiger partial charge on any atom is -0.333 e. The Morgan fingerprint density at radius 2 is 1.86 bits per heavy atom. The highest BCUT2D eigenvalue weighted by Crippen LogP contribution is 2.28. The molecule has 8 heteroatoms. The van der Waals surface area contributed by atoms with Crippen LogP contribution in [0.3, 0.4) is 0 Å². The summed E-state index contributed by atoms with van der Waals surface area (Å²) in [6.07, 6.45) is 2.03. The molecule has 6 nitrogen and oxygen atoms in total. The monoisotopic (exact) mass is 415 g/mol. The topological polar surface area (TPSA) is 52.9 Å². The van der Waals surface area contributed by atoms with E-state index in [2.05, 4.69) is 14.6 Å². The summed E-state index contributed by atoms with van der Waals surface area (Å²) in [5, 5.41) is 5.05. The number of piperazine rings is 1. The van der Waals surface area contributed by atoms with Gasteiger partial charge in [0.25, 0.3) is 0 Å². The molecular formula is C21H26FN5OS. The number of nitrogens with zero attached hydrogens (tertiary/aromatic N) is 4. The first kappa shape index (κ1) is 19.8. The first-order chi connectivity index (χ1) is 13.8. The van der Waals surface area contributed by atoms with Gasteiger partial charge in [-0.2, -0.15) is 0 Å². The lowest BCUT2D eigenvalue weighted by Crippen LogP contribution is -2.54. The number of benzene rings is 1. The second-order valence-electron chi connectivity index (χ2n) is 8.41. The lowest BCUT2D eigenvalue weighted by atomic mass is 10.1. The van der Waals surface area contributed by atoms with Crippen molar-refractivity contribution in [2.45, 2.75) is 32.9 Å². The molecule has 154 valence electrons. The summed E-state index contributed by atoms with van der Waals surface area (Å²) in [6.45, 7) is 9.70. The third kappa shape index (κ3) is 4.43. The molecule has 0 unspecified atom stereocenters. The Labute approximate surface area is 174 Å². The van der Waals surface area contributed by atoms with E-state index in [0.717, 1.165) is 41.5 Å². The number of carbonyl (C=O) groups is 1. The Bertz CT molecular complexity index is 996. The van der Waals surface area contributed by atoms with Crippen LogP contribution in [0.2, 0.25) is 0 Å². The van der Waals surface area contributed by atoms with Crippen LogP contribution in [0.25, 0.3) is 16.2 Å². The van der Waals surface area contributed by atoms with Gasteiger partial charge in [0.15, 0.2) is 4.96 Å². The number of aromatic nitrogens is 2. The summed E-state index contributed by atoms with van der Waals surface area (Å²) in [5.74, 6) is -0.249. The third-order valence-electron chi connectivity index (χ3n) is 4.99. The van der Waals surface area contributed by atoms with E-state index in [4.69, 9.17) is 4.98 Å². The fraction of sp³-hybridized carbons (Fsp3) is 0.429. The predicted octanol–water partition coefficient (Wildman–Crippen LogP) is 3.83. The molecule has 1 aromatic carbocycles. The van der Waals surface area contributed by atoms with E-state index in [1.807, 2.05) is 37.2 Å². The lowest BCUT2D eigenvalue weighted by Gasteiger charge is -2.36. The Kier molecular flexibility index (Phi) is 5.31. The predicted molar refractivity (Wildman–Crippen MR) is 114 cm³/mol. The van der Waals surface area contributed by atoms with Crippen LogP contribution in [-0.2, 0) is 6.54 Å². The van der Waals surface area contributed by atoms with E-state index in [0.29, 0.717) is 13.1 Å². The average molecular weight is 416 g/mol. The zero-order valence-corrected chi connectivity index (χ0v) is 17.8. The van der Waals surface area contributed by atoms with Crippen molar-refractivity contribution in [3.63, 3.8) is 0 Å². The van der Waals surface area contributed by atoms with E-state index in [9.17, 15) is 9.18 Å². The molecule has 0 radical (unpaired) electrons. The molecule has 1 N–H and O–H groups in total. The third-order valence-corrected chi connectivity index (χ3v) is 5.75. The number of amides is 2. The minimum absolute atomic E-state index is 0.00581. The van der Waals surface area contributed by atoms with Crippen LogP contribution in [0.1, 0.15) is 26.5 Å². The minimum atomic E-state index is -0.249. The van der Waals surface area contributed by atoms with Crippen molar-refractivity contribution in [2.75, 3.05) is 26.2 Å². The molecule has 1 aliphatic rings. The van der Waals surface area contributed by atoms with E-state index < -0.39 is 0 Å². The zero-order valence-electron chi connectivity index (χ0n) is 17.0. The normalized spacial score (nSPS) is 15.8. The maximum Gasteiger partial charge on any atom is 0.317 e. The van der Waals surface area contributed by atoms with Crippen molar-refractivity contribution < 1.29 is 9.18 Å². The molecule has 29 heavy (non-hydrogen) atoms. The molecule has 2 aromatic heterocycles. The molecule has 0 aliphatic carbocycles. The smallest absolute Gasteiger partial charge is 0.317 e. The quantitative estimate of drug-likeness (QED) is 0.707. The van der Waals surface area contributed by atoms with Gasteiger partial charge in [-0.25, -0.2) is 14.2 Å². The second kappa shape index (κ2) is 7.76. The van der Waals surface area contributed by atoms with Gasteiger partial charge in [-0.3, -0.25) is 9.30 Å². The first-order valence-electron chi connectivity index (χ1n) is 9.80. The van der Waals surface area contributed by atoms with Crippen LogP contribution in [-0.4, -0.2) is 56.9 Å². The van der Waals surface area contributed by atoms with E-state index in [1.54, 1.807) is 23.5 Å². The highest BCUT2D eigenvalue weighted by molar-refractivity contribution is 7.15. The van der Waals surface area contributed by atoms with Crippen molar-refractivity contribution in [1.82, 2.24) is 24.5 Å². The Balaban J connectivity index is 1.49. The van der Waals surface area contributed by atoms with Crippen LogP contribution in [0.4, 0.5) is 9.18 Å². The number of rotatable bonds is 3. The molecule has 3 heterocycles. The maximum absolute atomic E-state index is 13.4. The number of nitrogens with one attached hydrogen (secondary N) is 1. The van der Waals surface area contributed by atoms with Gasteiger partial charge in [-0.1, -0.05) is 0 Å². The van der Waals surface area contributed by atoms with Crippen molar-refractivity contribution in [3.8, 4) is 11.3 Å². The number of carbonyl (C=O) groups excluding carboxylic acids is 1. The van der Waals surface area contributed by atoms with Crippen molar-refractivity contribution in [1.29, 1.82) is 0 Å². The van der Waals surface area contributed by atoms with Crippen LogP contribution in [0, 0.1) is 5.82 Å². The Morgan fingerprint density at radius 3 is 2.52 bits per heavy atom. The zero-order chi connectivity index (χ0) is 20.6. The summed E-state index contributed by atoms with van der Waals surface area (Å²) in [6, 6.07) is 6.49. The molecule has 1 saturated heterocycles. The van der Waals surface area contributed by atoms with Gasteiger partial charge in [-0.05, 0) is 45.0 Å². The van der Waals surface area contributed by atoms with Crippen LogP contribution >= 0.6 is 11.3 Å². The summed E-state index contributed by atoms with van der Waals surface area (Å²) in [5.41, 5.74) is 2.67. The number of urea groups is 1. The lowest BCUT2D eigenvalue weighted by molar-refractivity contribution is 0.130. The molecular weight excluding hydrogens is 389 g/mol. The van der Waals surface area contributed by atoms with Crippen molar-refractivity contribution >= 4 is 22.3 Å². The van der Waals surface area contributed by atoms with Gasteiger partial charge in [0.05, 0.1) is 11.4 Å². The van der Waals surface area contributed by atoms with Crippen LogP contribution in [0.5, 0.6) is 0 Å². The highest BCUT2D eigenvalue weighted by atomic mass is 32.1. The van der Waals surface area contributed by atoms with Gasteiger partial charge in [0.1, 0.15) is 5.82 Å². The van der Waals surface area contributed by atoms with E-state index in [1.165, 1.54) is 12.1 Å². The molecule has 1 fully saturated rings.